The quantitative estimate of drug-likeness (QED) is 0.577. The first-order valence-corrected chi connectivity index (χ1v) is 2.94. The van der Waals surface area contributed by atoms with Gasteiger partial charge in [0.1, 0.15) is 12.2 Å². The number of nitrogens with one attached hydrogen (secondary N) is 1. The van der Waals surface area contributed by atoms with Crippen LogP contribution in [0.5, 0.6) is 0 Å². The highest BCUT2D eigenvalue weighted by Crippen LogP contribution is 2.27. The number of rotatable bonds is 0. The standard InChI is InChI=1S/C5H7F4N.ClH/c6-3-1-4(10-2-3)5(7,8)9;/h3-4,10H,1-2H2;1H/t3-,4+;/m1./s1. The molecule has 0 spiro atoms. The number of alkyl halides is 4. The minimum Gasteiger partial charge on any atom is -0.303 e. The van der Waals surface area contributed by atoms with E-state index in [0.29, 0.717) is 0 Å². The first kappa shape index (κ1) is 11.0. The van der Waals surface area contributed by atoms with Gasteiger partial charge >= 0.3 is 6.18 Å². The molecular formula is C5H8ClF4N. The lowest BCUT2D eigenvalue weighted by atomic mass is 10.2. The van der Waals surface area contributed by atoms with Crippen LogP contribution in [0.15, 0.2) is 0 Å². The highest BCUT2D eigenvalue weighted by atomic mass is 35.5. The van der Waals surface area contributed by atoms with Crippen LogP contribution >= 0.6 is 12.4 Å². The fourth-order valence-corrected chi connectivity index (χ4v) is 0.942. The molecule has 2 atom stereocenters. The molecule has 0 aromatic rings. The molecule has 0 radical (unpaired) electrons. The second-order valence-electron chi connectivity index (χ2n) is 2.34. The Kier molecular flexibility index (Phi) is 3.57. The van der Waals surface area contributed by atoms with Gasteiger partial charge in [0.15, 0.2) is 0 Å². The first-order valence-electron chi connectivity index (χ1n) is 2.94. The summed E-state index contributed by atoms with van der Waals surface area (Å²) < 4.78 is 47.3. The van der Waals surface area contributed by atoms with Crippen molar-refractivity contribution in [2.24, 2.45) is 0 Å². The molecule has 6 heteroatoms. The second kappa shape index (κ2) is 3.58. The van der Waals surface area contributed by atoms with E-state index in [0.717, 1.165) is 0 Å². The van der Waals surface area contributed by atoms with E-state index in [1.807, 2.05) is 5.32 Å². The maximum Gasteiger partial charge on any atom is 0.403 e. The van der Waals surface area contributed by atoms with Crippen LogP contribution in [-0.2, 0) is 0 Å². The Morgan fingerprint density at radius 1 is 1.27 bits per heavy atom. The van der Waals surface area contributed by atoms with E-state index in [4.69, 9.17) is 0 Å². The van der Waals surface area contributed by atoms with Crippen molar-refractivity contribution < 1.29 is 17.6 Å². The topological polar surface area (TPSA) is 12.0 Å². The molecule has 1 rings (SSSR count). The Labute approximate surface area is 67.6 Å². The number of halogens is 5. The predicted molar refractivity (Wildman–Crippen MR) is 34.6 cm³/mol. The van der Waals surface area contributed by atoms with Crippen molar-refractivity contribution >= 4 is 12.4 Å². The molecule has 1 fully saturated rings. The van der Waals surface area contributed by atoms with Crippen molar-refractivity contribution in [1.82, 2.24) is 5.32 Å². The largest absolute Gasteiger partial charge is 0.403 e. The van der Waals surface area contributed by atoms with Gasteiger partial charge in [-0.15, -0.1) is 12.4 Å². The molecule has 0 saturated carbocycles. The fourth-order valence-electron chi connectivity index (χ4n) is 0.942. The summed E-state index contributed by atoms with van der Waals surface area (Å²) in [4.78, 5) is 0. The van der Waals surface area contributed by atoms with Crippen LogP contribution in [0, 0.1) is 0 Å². The second-order valence-corrected chi connectivity index (χ2v) is 2.34. The van der Waals surface area contributed by atoms with Crippen LogP contribution in [0.25, 0.3) is 0 Å². The lowest BCUT2D eigenvalue weighted by molar-refractivity contribution is -0.152. The molecule has 0 aromatic heterocycles. The summed E-state index contributed by atoms with van der Waals surface area (Å²) in [7, 11) is 0. The summed E-state index contributed by atoms with van der Waals surface area (Å²) in [6.45, 7) is -0.176. The normalized spacial score (nSPS) is 31.6. The highest BCUT2D eigenvalue weighted by molar-refractivity contribution is 5.85. The molecule has 0 unspecified atom stereocenters. The molecule has 0 aromatic carbocycles. The Balaban J connectivity index is 0.000001000. The third-order valence-corrected chi connectivity index (χ3v) is 1.47. The van der Waals surface area contributed by atoms with Gasteiger partial charge < -0.3 is 5.32 Å². The maximum atomic E-state index is 12.1. The smallest absolute Gasteiger partial charge is 0.303 e. The van der Waals surface area contributed by atoms with Gasteiger partial charge in [-0.3, -0.25) is 0 Å². The summed E-state index contributed by atoms with van der Waals surface area (Å²) >= 11 is 0. The van der Waals surface area contributed by atoms with E-state index >= 15 is 0 Å². The Morgan fingerprint density at radius 3 is 2.00 bits per heavy atom. The SMILES string of the molecule is Cl.F[C@H]1CN[C@H](C(F)(F)F)C1. The van der Waals surface area contributed by atoms with E-state index in [1.165, 1.54) is 0 Å². The van der Waals surface area contributed by atoms with Gasteiger partial charge in [0, 0.05) is 13.0 Å². The fraction of sp³-hybridized carbons (Fsp3) is 1.00. The summed E-state index contributed by atoms with van der Waals surface area (Å²) in [5, 5.41) is 2.05. The monoisotopic (exact) mass is 193 g/mol. The van der Waals surface area contributed by atoms with Crippen LogP contribution in [0.3, 0.4) is 0 Å². The van der Waals surface area contributed by atoms with Crippen molar-refractivity contribution in [1.29, 1.82) is 0 Å². The zero-order chi connectivity index (χ0) is 7.78. The van der Waals surface area contributed by atoms with E-state index in [2.05, 4.69) is 0 Å². The predicted octanol–water partition coefficient (Wildman–Crippen LogP) is 1.67. The van der Waals surface area contributed by atoms with Crippen LogP contribution in [0.2, 0.25) is 0 Å². The van der Waals surface area contributed by atoms with Gasteiger partial charge in [-0.1, -0.05) is 0 Å². The van der Waals surface area contributed by atoms with Gasteiger partial charge in [-0.25, -0.2) is 4.39 Å². The van der Waals surface area contributed by atoms with Crippen molar-refractivity contribution in [3.05, 3.63) is 0 Å². The van der Waals surface area contributed by atoms with Gasteiger partial charge in [0.2, 0.25) is 0 Å². The minimum atomic E-state index is -4.29. The number of hydrogen-bond acceptors (Lipinski definition) is 1. The Bertz CT molecular complexity index is 126. The van der Waals surface area contributed by atoms with Gasteiger partial charge in [0.25, 0.3) is 0 Å². The molecule has 1 N–H and O–H groups in total. The zero-order valence-corrected chi connectivity index (χ0v) is 6.31. The van der Waals surface area contributed by atoms with Crippen LogP contribution in [0.1, 0.15) is 6.42 Å². The van der Waals surface area contributed by atoms with Gasteiger partial charge in [-0.05, 0) is 0 Å². The molecule has 1 heterocycles. The first-order chi connectivity index (χ1) is 4.50. The lowest BCUT2D eigenvalue weighted by Crippen LogP contribution is -2.36. The van der Waals surface area contributed by atoms with E-state index in [9.17, 15) is 17.6 Å². The third kappa shape index (κ3) is 2.83. The van der Waals surface area contributed by atoms with Crippen molar-refractivity contribution in [2.75, 3.05) is 6.54 Å². The molecule has 1 aliphatic heterocycles. The van der Waals surface area contributed by atoms with Crippen LogP contribution in [0.4, 0.5) is 17.6 Å². The summed E-state index contributed by atoms with van der Waals surface area (Å²) in [5.41, 5.74) is 0. The van der Waals surface area contributed by atoms with Gasteiger partial charge in [-0.2, -0.15) is 13.2 Å². The minimum absolute atomic E-state index is 0. The van der Waals surface area contributed by atoms with Crippen LogP contribution in [-0.4, -0.2) is 24.9 Å². The molecule has 0 amide bonds. The number of hydrogen-bond donors (Lipinski definition) is 1. The van der Waals surface area contributed by atoms with Crippen LogP contribution < -0.4 is 5.32 Å². The highest BCUT2D eigenvalue weighted by Gasteiger charge is 2.44. The van der Waals surface area contributed by atoms with E-state index < -0.39 is 24.8 Å². The zero-order valence-electron chi connectivity index (χ0n) is 5.49. The van der Waals surface area contributed by atoms with Crippen molar-refractivity contribution in [2.45, 2.75) is 24.8 Å². The third-order valence-electron chi connectivity index (χ3n) is 1.47. The van der Waals surface area contributed by atoms with E-state index in [1.54, 1.807) is 0 Å². The van der Waals surface area contributed by atoms with Crippen molar-refractivity contribution in [3.63, 3.8) is 0 Å². The Morgan fingerprint density at radius 2 is 1.82 bits per heavy atom. The summed E-state index contributed by atoms with van der Waals surface area (Å²) in [6.07, 6.45) is -6.07. The molecular weight excluding hydrogens is 186 g/mol. The van der Waals surface area contributed by atoms with E-state index in [-0.39, 0.29) is 19.0 Å². The molecule has 1 saturated heterocycles. The molecule has 0 bridgehead atoms. The molecule has 1 nitrogen and oxygen atoms in total. The average Bonchev–Trinajstić information content (AvgIpc) is 2.11. The molecule has 0 aliphatic carbocycles. The Hall–Kier alpha value is -0.0300. The van der Waals surface area contributed by atoms with Crippen molar-refractivity contribution in [3.8, 4) is 0 Å². The summed E-state index contributed by atoms with van der Waals surface area (Å²) in [5.74, 6) is 0. The lowest BCUT2D eigenvalue weighted by Gasteiger charge is -2.13. The maximum absolute atomic E-state index is 12.1. The molecule has 1 aliphatic rings. The molecule has 11 heavy (non-hydrogen) atoms. The van der Waals surface area contributed by atoms with Gasteiger partial charge in [0.05, 0.1) is 0 Å². The molecule has 68 valence electrons. The summed E-state index contributed by atoms with van der Waals surface area (Å²) in [6, 6.07) is -1.64. The average molecular weight is 194 g/mol.